The molecule has 14 heavy (non-hydrogen) atoms. The van der Waals surface area contributed by atoms with E-state index in [0.29, 0.717) is 11.5 Å². The number of nitrogens with two attached hydrogens (primary N) is 1. The lowest BCUT2D eigenvalue weighted by molar-refractivity contribution is 0.362. The van der Waals surface area contributed by atoms with Crippen molar-refractivity contribution in [1.29, 1.82) is 0 Å². The molecular weight excluding hydrogens is 174 g/mol. The first kappa shape index (κ1) is 10.6. The second-order valence-corrected chi connectivity index (χ2v) is 3.89. The highest BCUT2D eigenvalue weighted by Crippen LogP contribution is 2.24. The molecule has 0 aromatic heterocycles. The molecule has 0 aromatic rings. The number of ether oxygens (including phenoxy) is 1. The van der Waals surface area contributed by atoms with Crippen molar-refractivity contribution >= 4 is 0 Å². The highest BCUT2D eigenvalue weighted by Gasteiger charge is 2.13. The standard InChI is InChI=1S/C12H17NO/c1-4-9-14-11-6-8-12(2,3)7-5-10(11)13/h4-9H,13H2,1-3H3/b9-4-. The van der Waals surface area contributed by atoms with Gasteiger partial charge in [0.05, 0.1) is 12.0 Å². The SMILES string of the molecule is C/C=C\OC1=C(N)C=CC(C)(C)C=C1. The van der Waals surface area contributed by atoms with Crippen LogP contribution in [0.5, 0.6) is 0 Å². The van der Waals surface area contributed by atoms with Crippen molar-refractivity contribution in [2.75, 3.05) is 0 Å². The Balaban J connectivity index is 2.90. The molecule has 0 fully saturated rings. The van der Waals surface area contributed by atoms with E-state index < -0.39 is 0 Å². The maximum absolute atomic E-state index is 5.82. The normalized spacial score (nSPS) is 20.2. The number of hydrogen-bond donors (Lipinski definition) is 1. The Morgan fingerprint density at radius 3 is 2.57 bits per heavy atom. The molecule has 1 aliphatic carbocycles. The Hall–Kier alpha value is -1.44. The van der Waals surface area contributed by atoms with Gasteiger partial charge >= 0.3 is 0 Å². The van der Waals surface area contributed by atoms with Gasteiger partial charge in [-0.3, -0.25) is 0 Å². The van der Waals surface area contributed by atoms with Crippen molar-refractivity contribution in [2.45, 2.75) is 20.8 Å². The van der Waals surface area contributed by atoms with Gasteiger partial charge in [0.15, 0.2) is 0 Å². The molecule has 0 saturated carbocycles. The molecule has 1 rings (SSSR count). The van der Waals surface area contributed by atoms with Crippen molar-refractivity contribution in [1.82, 2.24) is 0 Å². The maximum atomic E-state index is 5.82. The van der Waals surface area contributed by atoms with Crippen LogP contribution >= 0.6 is 0 Å². The first-order valence-corrected chi connectivity index (χ1v) is 4.71. The van der Waals surface area contributed by atoms with Gasteiger partial charge in [0.1, 0.15) is 5.76 Å². The summed E-state index contributed by atoms with van der Waals surface area (Å²) in [4.78, 5) is 0. The minimum atomic E-state index is 0.0334. The maximum Gasteiger partial charge on any atom is 0.149 e. The van der Waals surface area contributed by atoms with Gasteiger partial charge in [-0.05, 0) is 19.1 Å². The van der Waals surface area contributed by atoms with Gasteiger partial charge in [-0.1, -0.05) is 32.1 Å². The predicted molar refractivity (Wildman–Crippen MR) is 59.2 cm³/mol. The van der Waals surface area contributed by atoms with Gasteiger partial charge in [0.2, 0.25) is 0 Å². The quantitative estimate of drug-likeness (QED) is 0.681. The van der Waals surface area contributed by atoms with Gasteiger partial charge in [-0.2, -0.15) is 0 Å². The summed E-state index contributed by atoms with van der Waals surface area (Å²) in [5.74, 6) is 0.699. The van der Waals surface area contributed by atoms with Crippen LogP contribution in [0.2, 0.25) is 0 Å². The Morgan fingerprint density at radius 2 is 1.93 bits per heavy atom. The van der Waals surface area contributed by atoms with E-state index in [4.69, 9.17) is 10.5 Å². The summed E-state index contributed by atoms with van der Waals surface area (Å²) in [5.41, 5.74) is 6.51. The molecule has 0 unspecified atom stereocenters. The van der Waals surface area contributed by atoms with E-state index >= 15 is 0 Å². The van der Waals surface area contributed by atoms with Crippen LogP contribution in [-0.2, 0) is 4.74 Å². The molecule has 1 aliphatic rings. The number of rotatable bonds is 2. The molecule has 0 saturated heterocycles. The molecule has 0 heterocycles. The fraction of sp³-hybridized carbons (Fsp3) is 0.333. The Kier molecular flexibility index (Phi) is 3.18. The van der Waals surface area contributed by atoms with Crippen molar-refractivity contribution in [3.05, 3.63) is 48.1 Å². The molecule has 2 nitrogen and oxygen atoms in total. The van der Waals surface area contributed by atoms with E-state index in [1.807, 2.05) is 25.2 Å². The van der Waals surface area contributed by atoms with Crippen LogP contribution in [-0.4, -0.2) is 0 Å². The summed E-state index contributed by atoms with van der Waals surface area (Å²) >= 11 is 0. The van der Waals surface area contributed by atoms with Crippen molar-refractivity contribution in [2.24, 2.45) is 11.1 Å². The Labute approximate surface area is 85.4 Å². The molecule has 0 bridgehead atoms. The van der Waals surface area contributed by atoms with E-state index in [1.54, 1.807) is 6.26 Å². The van der Waals surface area contributed by atoms with E-state index in [-0.39, 0.29) is 5.41 Å². The lowest BCUT2D eigenvalue weighted by Crippen LogP contribution is -2.01. The zero-order valence-electron chi connectivity index (χ0n) is 8.95. The molecule has 0 amide bonds. The summed E-state index contributed by atoms with van der Waals surface area (Å²) < 4.78 is 5.35. The largest absolute Gasteiger partial charge is 0.463 e. The first-order valence-electron chi connectivity index (χ1n) is 4.71. The van der Waals surface area contributed by atoms with E-state index in [1.165, 1.54) is 0 Å². The predicted octanol–water partition coefficient (Wildman–Crippen LogP) is 2.86. The average Bonchev–Trinajstić information content (AvgIpc) is 2.25. The number of hydrogen-bond acceptors (Lipinski definition) is 2. The lowest BCUT2D eigenvalue weighted by Gasteiger charge is -2.12. The van der Waals surface area contributed by atoms with Crippen LogP contribution < -0.4 is 5.73 Å². The van der Waals surface area contributed by atoms with E-state index in [2.05, 4.69) is 26.0 Å². The van der Waals surface area contributed by atoms with Crippen LogP contribution in [0, 0.1) is 5.41 Å². The zero-order valence-corrected chi connectivity index (χ0v) is 8.95. The molecule has 76 valence electrons. The number of allylic oxidation sites excluding steroid dienone is 5. The van der Waals surface area contributed by atoms with E-state index in [9.17, 15) is 0 Å². The van der Waals surface area contributed by atoms with Gasteiger partial charge in [-0.15, -0.1) is 0 Å². The highest BCUT2D eigenvalue weighted by molar-refractivity contribution is 5.33. The third-order valence-corrected chi connectivity index (χ3v) is 1.97. The third-order valence-electron chi connectivity index (χ3n) is 1.97. The average molecular weight is 191 g/mol. The van der Waals surface area contributed by atoms with Gasteiger partial charge < -0.3 is 10.5 Å². The van der Waals surface area contributed by atoms with Crippen molar-refractivity contribution in [3.8, 4) is 0 Å². The Morgan fingerprint density at radius 1 is 1.29 bits per heavy atom. The molecule has 2 heteroatoms. The first-order chi connectivity index (χ1) is 6.55. The second kappa shape index (κ2) is 4.18. The minimum Gasteiger partial charge on any atom is -0.463 e. The second-order valence-electron chi connectivity index (χ2n) is 3.89. The van der Waals surface area contributed by atoms with Crippen molar-refractivity contribution in [3.63, 3.8) is 0 Å². The van der Waals surface area contributed by atoms with Crippen molar-refractivity contribution < 1.29 is 4.74 Å². The van der Waals surface area contributed by atoms with Crippen LogP contribution in [0.4, 0.5) is 0 Å². The summed E-state index contributed by atoms with van der Waals surface area (Å²) in [6.07, 6.45) is 11.4. The van der Waals surface area contributed by atoms with Gasteiger partial charge in [0.25, 0.3) is 0 Å². The van der Waals surface area contributed by atoms with Crippen LogP contribution in [0.1, 0.15) is 20.8 Å². The van der Waals surface area contributed by atoms with Gasteiger partial charge in [-0.25, -0.2) is 0 Å². The topological polar surface area (TPSA) is 35.2 Å². The van der Waals surface area contributed by atoms with Gasteiger partial charge in [0, 0.05) is 5.41 Å². The molecule has 0 aliphatic heterocycles. The molecular formula is C12H17NO. The van der Waals surface area contributed by atoms with Crippen LogP contribution in [0.3, 0.4) is 0 Å². The van der Waals surface area contributed by atoms with Crippen LogP contribution in [0.25, 0.3) is 0 Å². The molecule has 0 atom stereocenters. The monoisotopic (exact) mass is 191 g/mol. The fourth-order valence-corrected chi connectivity index (χ4v) is 1.08. The summed E-state index contributed by atoms with van der Waals surface area (Å²) in [7, 11) is 0. The zero-order chi connectivity index (χ0) is 10.6. The minimum absolute atomic E-state index is 0.0334. The molecule has 0 spiro atoms. The van der Waals surface area contributed by atoms with E-state index in [0.717, 1.165) is 0 Å². The summed E-state index contributed by atoms with van der Waals surface area (Å²) in [6.45, 7) is 6.13. The molecule has 0 aromatic carbocycles. The molecule has 2 N–H and O–H groups in total. The fourth-order valence-electron chi connectivity index (χ4n) is 1.08. The summed E-state index contributed by atoms with van der Waals surface area (Å²) in [6, 6.07) is 0. The molecule has 0 radical (unpaired) electrons. The highest BCUT2D eigenvalue weighted by atomic mass is 16.5. The lowest BCUT2D eigenvalue weighted by atomic mass is 9.93. The Bertz CT molecular complexity index is 319. The van der Waals surface area contributed by atoms with Crippen LogP contribution in [0.15, 0.2) is 48.1 Å². The third kappa shape index (κ3) is 2.80. The summed E-state index contributed by atoms with van der Waals surface area (Å²) in [5, 5.41) is 0. The smallest absolute Gasteiger partial charge is 0.149 e.